The van der Waals surface area contributed by atoms with E-state index in [1.54, 1.807) is 6.92 Å². The van der Waals surface area contributed by atoms with Crippen LogP contribution in [0.3, 0.4) is 0 Å². The summed E-state index contributed by atoms with van der Waals surface area (Å²) < 4.78 is 5.71. The Hall–Kier alpha value is -2.60. The van der Waals surface area contributed by atoms with Gasteiger partial charge in [0.25, 0.3) is 5.91 Å². The topological polar surface area (TPSA) is 62.4 Å². The van der Waals surface area contributed by atoms with Gasteiger partial charge < -0.3 is 10.1 Å². The quantitative estimate of drug-likeness (QED) is 0.524. The Morgan fingerprint density at radius 1 is 0.964 bits per heavy atom. The van der Waals surface area contributed by atoms with Crippen molar-refractivity contribution in [3.63, 3.8) is 0 Å². The fourth-order valence-electron chi connectivity index (χ4n) is 2.57. The summed E-state index contributed by atoms with van der Waals surface area (Å²) in [5.74, 6) is 0.338. The molecular weight excluding hydrogens is 370 g/mol. The Kier molecular flexibility index (Phi) is 7.40. The number of carbonyl (C=O) groups excluding carboxylic acids is 1. The van der Waals surface area contributed by atoms with Crippen LogP contribution in [0.2, 0.25) is 0 Å². The van der Waals surface area contributed by atoms with Gasteiger partial charge in [-0.1, -0.05) is 63.2 Å². The number of hydrazine groups is 1. The first kappa shape index (κ1) is 21.7. The first-order chi connectivity index (χ1) is 13.2. The Morgan fingerprint density at radius 2 is 1.57 bits per heavy atom. The van der Waals surface area contributed by atoms with Gasteiger partial charge in [-0.05, 0) is 54.7 Å². The average molecular weight is 400 g/mol. The van der Waals surface area contributed by atoms with Crippen LogP contribution in [0.15, 0.2) is 54.6 Å². The number of ether oxygens (including phenoxy) is 1. The zero-order valence-electron chi connectivity index (χ0n) is 17.1. The van der Waals surface area contributed by atoms with Gasteiger partial charge >= 0.3 is 0 Å². The maximum Gasteiger partial charge on any atom is 0.279 e. The van der Waals surface area contributed by atoms with Crippen molar-refractivity contribution < 1.29 is 9.53 Å². The second-order valence-electron chi connectivity index (χ2n) is 7.75. The molecule has 1 amide bonds. The van der Waals surface area contributed by atoms with E-state index in [1.165, 1.54) is 5.56 Å². The summed E-state index contributed by atoms with van der Waals surface area (Å²) in [7, 11) is 0. The van der Waals surface area contributed by atoms with Gasteiger partial charge in [-0.15, -0.1) is 0 Å². The zero-order chi connectivity index (χ0) is 20.7. The summed E-state index contributed by atoms with van der Waals surface area (Å²) in [5.41, 5.74) is 7.69. The van der Waals surface area contributed by atoms with Gasteiger partial charge in [-0.3, -0.25) is 15.6 Å². The standard InChI is InChI=1S/C22H29N3O2S/c1-15(17-9-7-6-8-10-17)23-21(28)25-24-20(26)16(2)27-19-13-11-18(12-14-19)22(3,4)5/h6-16H,1-5H3,(H,24,26)(H2,23,25,28)/t15-,16+/m0/s1. The second-order valence-corrected chi connectivity index (χ2v) is 8.16. The van der Waals surface area contributed by atoms with Crippen molar-refractivity contribution in [1.82, 2.24) is 16.2 Å². The van der Waals surface area contributed by atoms with E-state index in [1.807, 2.05) is 61.5 Å². The molecular formula is C22H29N3O2S. The van der Waals surface area contributed by atoms with Crippen LogP contribution >= 0.6 is 12.2 Å². The van der Waals surface area contributed by atoms with Crippen molar-refractivity contribution in [2.24, 2.45) is 0 Å². The summed E-state index contributed by atoms with van der Waals surface area (Å²) in [6.07, 6.45) is -0.665. The van der Waals surface area contributed by atoms with E-state index in [-0.39, 0.29) is 17.4 Å². The molecule has 2 aromatic rings. The van der Waals surface area contributed by atoms with Crippen molar-refractivity contribution in [2.75, 3.05) is 0 Å². The van der Waals surface area contributed by atoms with Gasteiger partial charge in [0.15, 0.2) is 11.2 Å². The molecule has 150 valence electrons. The summed E-state index contributed by atoms with van der Waals surface area (Å²) >= 11 is 5.24. The Morgan fingerprint density at radius 3 is 2.14 bits per heavy atom. The number of hydrogen-bond acceptors (Lipinski definition) is 3. The van der Waals surface area contributed by atoms with Gasteiger partial charge in [0.1, 0.15) is 5.75 Å². The Balaban J connectivity index is 1.79. The largest absolute Gasteiger partial charge is 0.481 e. The minimum Gasteiger partial charge on any atom is -0.481 e. The van der Waals surface area contributed by atoms with Crippen LogP contribution in [0.1, 0.15) is 51.8 Å². The third-order valence-electron chi connectivity index (χ3n) is 4.35. The molecule has 0 unspecified atom stereocenters. The summed E-state index contributed by atoms with van der Waals surface area (Å²) in [6.45, 7) is 10.1. The predicted octanol–water partition coefficient (Wildman–Crippen LogP) is 4.01. The Bertz CT molecular complexity index is 786. The van der Waals surface area contributed by atoms with Crippen molar-refractivity contribution in [2.45, 2.75) is 52.2 Å². The number of thiocarbonyl (C=S) groups is 1. The fourth-order valence-corrected chi connectivity index (χ4v) is 2.80. The van der Waals surface area contributed by atoms with Crippen molar-refractivity contribution in [3.05, 3.63) is 65.7 Å². The van der Waals surface area contributed by atoms with E-state index in [9.17, 15) is 4.79 Å². The Labute approximate surface area is 172 Å². The molecule has 6 heteroatoms. The van der Waals surface area contributed by atoms with E-state index >= 15 is 0 Å². The molecule has 0 heterocycles. The summed E-state index contributed by atoms with van der Waals surface area (Å²) in [5, 5.41) is 3.46. The number of carbonyl (C=O) groups is 1. The third kappa shape index (κ3) is 6.53. The highest BCUT2D eigenvalue weighted by atomic mass is 32.1. The number of hydrogen-bond donors (Lipinski definition) is 3. The minimum absolute atomic E-state index is 0.0214. The summed E-state index contributed by atoms with van der Waals surface area (Å²) in [4.78, 5) is 12.2. The van der Waals surface area contributed by atoms with Gasteiger partial charge in [0, 0.05) is 0 Å². The van der Waals surface area contributed by atoms with Crippen molar-refractivity contribution >= 4 is 23.2 Å². The maximum absolute atomic E-state index is 12.2. The van der Waals surface area contributed by atoms with Crippen LogP contribution < -0.4 is 20.9 Å². The van der Waals surface area contributed by atoms with E-state index in [2.05, 4.69) is 36.9 Å². The first-order valence-corrected chi connectivity index (χ1v) is 9.76. The molecule has 0 spiro atoms. The van der Waals surface area contributed by atoms with Crippen LogP contribution in [-0.4, -0.2) is 17.1 Å². The molecule has 0 fully saturated rings. The fraction of sp³-hybridized carbons (Fsp3) is 0.364. The normalized spacial score (nSPS) is 13.2. The molecule has 2 rings (SSSR count). The van der Waals surface area contributed by atoms with E-state index < -0.39 is 6.10 Å². The lowest BCUT2D eigenvalue weighted by Gasteiger charge is -2.21. The second kappa shape index (κ2) is 9.55. The molecule has 5 nitrogen and oxygen atoms in total. The lowest BCUT2D eigenvalue weighted by Crippen LogP contribution is -2.50. The molecule has 2 atom stereocenters. The average Bonchev–Trinajstić information content (AvgIpc) is 2.66. The van der Waals surface area contributed by atoms with Crippen LogP contribution in [0.5, 0.6) is 5.75 Å². The first-order valence-electron chi connectivity index (χ1n) is 9.35. The van der Waals surface area contributed by atoms with Crippen LogP contribution in [0.25, 0.3) is 0 Å². The lowest BCUT2D eigenvalue weighted by atomic mass is 9.87. The number of nitrogens with one attached hydrogen (secondary N) is 3. The van der Waals surface area contributed by atoms with Gasteiger partial charge in [0.2, 0.25) is 0 Å². The predicted molar refractivity (Wildman–Crippen MR) is 117 cm³/mol. The lowest BCUT2D eigenvalue weighted by molar-refractivity contribution is -0.127. The zero-order valence-corrected chi connectivity index (χ0v) is 17.9. The molecule has 0 bridgehead atoms. The molecule has 3 N–H and O–H groups in total. The molecule has 0 radical (unpaired) electrons. The highest BCUT2D eigenvalue weighted by Crippen LogP contribution is 2.24. The highest BCUT2D eigenvalue weighted by Gasteiger charge is 2.17. The number of benzene rings is 2. The molecule has 0 aromatic heterocycles. The van der Waals surface area contributed by atoms with E-state index in [0.29, 0.717) is 10.9 Å². The number of rotatable bonds is 5. The van der Waals surface area contributed by atoms with Crippen molar-refractivity contribution in [3.8, 4) is 5.75 Å². The molecule has 0 aliphatic rings. The minimum atomic E-state index is -0.665. The van der Waals surface area contributed by atoms with Crippen LogP contribution in [-0.2, 0) is 10.2 Å². The smallest absolute Gasteiger partial charge is 0.279 e. The molecule has 0 aliphatic heterocycles. The highest BCUT2D eigenvalue weighted by molar-refractivity contribution is 7.80. The monoisotopic (exact) mass is 399 g/mol. The SMILES string of the molecule is C[C@H](NC(=S)NNC(=O)[C@@H](C)Oc1ccc(C(C)(C)C)cc1)c1ccccc1. The molecule has 0 saturated carbocycles. The van der Waals surface area contributed by atoms with Gasteiger partial charge in [-0.25, -0.2) is 0 Å². The molecule has 28 heavy (non-hydrogen) atoms. The molecule has 2 aromatic carbocycles. The van der Waals surface area contributed by atoms with E-state index in [4.69, 9.17) is 17.0 Å². The number of amides is 1. The van der Waals surface area contributed by atoms with E-state index in [0.717, 1.165) is 5.56 Å². The summed E-state index contributed by atoms with van der Waals surface area (Å²) in [6, 6.07) is 17.7. The third-order valence-corrected chi connectivity index (χ3v) is 4.57. The van der Waals surface area contributed by atoms with Crippen LogP contribution in [0, 0.1) is 0 Å². The maximum atomic E-state index is 12.2. The molecule has 0 saturated heterocycles. The van der Waals surface area contributed by atoms with Gasteiger partial charge in [0.05, 0.1) is 6.04 Å². The van der Waals surface area contributed by atoms with Crippen molar-refractivity contribution in [1.29, 1.82) is 0 Å². The molecule has 0 aliphatic carbocycles. The van der Waals surface area contributed by atoms with Crippen LogP contribution in [0.4, 0.5) is 0 Å². The van der Waals surface area contributed by atoms with Gasteiger partial charge in [-0.2, -0.15) is 0 Å².